The van der Waals surface area contributed by atoms with Crippen LogP contribution in [0.2, 0.25) is 0 Å². The van der Waals surface area contributed by atoms with Crippen molar-refractivity contribution in [3.05, 3.63) is 101 Å². The van der Waals surface area contributed by atoms with Crippen LogP contribution in [0.25, 0.3) is 0 Å². The van der Waals surface area contributed by atoms with Crippen molar-refractivity contribution in [3.8, 4) is 5.75 Å². The second-order valence-corrected chi connectivity index (χ2v) is 10.7. The molecule has 2 atom stereocenters. The third kappa shape index (κ3) is 8.17. The first-order valence-electron chi connectivity index (χ1n) is 13.2. The summed E-state index contributed by atoms with van der Waals surface area (Å²) in [6.07, 6.45) is 1.04. The fourth-order valence-electron chi connectivity index (χ4n) is 4.08. The molecule has 0 radical (unpaired) electrons. The van der Waals surface area contributed by atoms with E-state index < -0.39 is 17.8 Å². The normalized spacial score (nSPS) is 12.9. The average molecular weight is 519 g/mol. The van der Waals surface area contributed by atoms with Crippen LogP contribution in [-0.4, -0.2) is 35.4 Å². The smallest absolute Gasteiger partial charge is 0.261 e. The summed E-state index contributed by atoms with van der Waals surface area (Å²) in [4.78, 5) is 28.6. The zero-order valence-electron chi connectivity index (χ0n) is 23.0. The van der Waals surface area contributed by atoms with Crippen LogP contribution in [0.1, 0.15) is 57.7 Å². The van der Waals surface area contributed by atoms with Crippen LogP contribution >= 0.6 is 0 Å². The van der Waals surface area contributed by atoms with E-state index in [2.05, 4.69) is 26.1 Å². The molecule has 0 aliphatic rings. The van der Waals surface area contributed by atoms with E-state index in [1.165, 1.54) is 11.0 Å². The highest BCUT2D eigenvalue weighted by Gasteiger charge is 2.31. The van der Waals surface area contributed by atoms with Gasteiger partial charge in [0.25, 0.3) is 5.91 Å². The Morgan fingerprint density at radius 2 is 1.58 bits per heavy atom. The molecule has 0 unspecified atom stereocenters. The number of carbonyl (C=O) groups excluding carboxylic acids is 2. The second-order valence-electron chi connectivity index (χ2n) is 10.7. The summed E-state index contributed by atoms with van der Waals surface area (Å²) in [5, 5.41) is 3.01. The standard InChI is InChI=1S/C32H39FN2O3/c1-6-23(2)34-31(37)29(20-24-12-8-7-9-13-24)35(21-25-14-10-11-15-28(25)33)30(36)22-38-27-18-16-26(17-19-27)32(3,4)5/h7-19,23,29H,6,20-22H2,1-5H3,(H,34,37)/t23-,29-/m0/s1. The number of ether oxygens (including phenoxy) is 1. The van der Waals surface area contributed by atoms with E-state index in [0.29, 0.717) is 17.7 Å². The zero-order valence-corrected chi connectivity index (χ0v) is 23.0. The van der Waals surface area contributed by atoms with Crippen molar-refractivity contribution in [1.82, 2.24) is 10.2 Å². The Morgan fingerprint density at radius 3 is 2.18 bits per heavy atom. The summed E-state index contributed by atoms with van der Waals surface area (Å²) < 4.78 is 20.5. The summed E-state index contributed by atoms with van der Waals surface area (Å²) in [7, 11) is 0. The molecule has 0 saturated heterocycles. The van der Waals surface area contributed by atoms with Crippen LogP contribution in [-0.2, 0) is 28.0 Å². The molecule has 38 heavy (non-hydrogen) atoms. The quantitative estimate of drug-likeness (QED) is 0.336. The van der Waals surface area contributed by atoms with Crippen LogP contribution in [0.3, 0.4) is 0 Å². The average Bonchev–Trinajstić information content (AvgIpc) is 2.90. The number of nitrogens with one attached hydrogen (secondary N) is 1. The third-order valence-corrected chi connectivity index (χ3v) is 6.65. The number of carbonyl (C=O) groups is 2. The zero-order chi connectivity index (χ0) is 27.7. The van der Waals surface area contributed by atoms with Gasteiger partial charge < -0.3 is 15.0 Å². The van der Waals surface area contributed by atoms with Gasteiger partial charge in [0.2, 0.25) is 5.91 Å². The number of halogens is 1. The molecule has 0 bridgehead atoms. The lowest BCUT2D eigenvalue weighted by Gasteiger charge is -2.32. The lowest BCUT2D eigenvalue weighted by molar-refractivity contribution is -0.143. The molecule has 0 aromatic heterocycles. The van der Waals surface area contributed by atoms with Crippen molar-refractivity contribution < 1.29 is 18.7 Å². The highest BCUT2D eigenvalue weighted by molar-refractivity contribution is 5.88. The highest BCUT2D eigenvalue weighted by Crippen LogP contribution is 2.24. The Kier molecular flexibility index (Phi) is 10.1. The van der Waals surface area contributed by atoms with Gasteiger partial charge in [0.15, 0.2) is 6.61 Å². The number of benzene rings is 3. The largest absolute Gasteiger partial charge is 0.484 e. The summed E-state index contributed by atoms with van der Waals surface area (Å²) in [5.41, 5.74) is 2.40. The molecule has 0 saturated carbocycles. The van der Waals surface area contributed by atoms with Crippen LogP contribution < -0.4 is 10.1 Å². The number of nitrogens with zero attached hydrogens (tertiary/aromatic N) is 1. The second kappa shape index (κ2) is 13.2. The van der Waals surface area contributed by atoms with Crippen molar-refractivity contribution in [1.29, 1.82) is 0 Å². The number of hydrogen-bond acceptors (Lipinski definition) is 3. The van der Waals surface area contributed by atoms with Crippen LogP contribution in [0, 0.1) is 5.82 Å². The highest BCUT2D eigenvalue weighted by atomic mass is 19.1. The molecule has 0 fully saturated rings. The van der Waals surface area contributed by atoms with E-state index in [1.807, 2.05) is 68.4 Å². The summed E-state index contributed by atoms with van der Waals surface area (Å²) >= 11 is 0. The fourth-order valence-corrected chi connectivity index (χ4v) is 4.08. The molecule has 0 aliphatic heterocycles. The molecular formula is C32H39FN2O3. The van der Waals surface area contributed by atoms with Crippen LogP contribution in [0.15, 0.2) is 78.9 Å². The maximum atomic E-state index is 14.7. The van der Waals surface area contributed by atoms with Gasteiger partial charge in [-0.25, -0.2) is 4.39 Å². The first kappa shape index (κ1) is 28.9. The molecule has 3 aromatic carbocycles. The van der Waals surface area contributed by atoms with E-state index in [0.717, 1.165) is 17.5 Å². The Hall–Kier alpha value is -3.67. The van der Waals surface area contributed by atoms with Crippen molar-refractivity contribution >= 4 is 11.8 Å². The molecule has 0 heterocycles. The molecule has 5 nitrogen and oxygen atoms in total. The SMILES string of the molecule is CC[C@H](C)NC(=O)[C@H](Cc1ccccc1)N(Cc1ccccc1F)C(=O)COc1ccc(C(C)(C)C)cc1. The van der Waals surface area contributed by atoms with Crippen molar-refractivity contribution in [2.45, 2.75) is 71.5 Å². The first-order valence-corrected chi connectivity index (χ1v) is 13.2. The Labute approximate surface area is 226 Å². The number of hydrogen-bond donors (Lipinski definition) is 1. The van der Waals surface area contributed by atoms with E-state index in [-0.39, 0.29) is 30.5 Å². The third-order valence-electron chi connectivity index (χ3n) is 6.65. The van der Waals surface area contributed by atoms with Crippen molar-refractivity contribution in [2.75, 3.05) is 6.61 Å². The lowest BCUT2D eigenvalue weighted by Crippen LogP contribution is -2.53. The minimum atomic E-state index is -0.842. The van der Waals surface area contributed by atoms with E-state index >= 15 is 0 Å². The number of rotatable bonds is 11. The molecule has 6 heteroatoms. The van der Waals surface area contributed by atoms with Gasteiger partial charge in [0.1, 0.15) is 17.6 Å². The minimum Gasteiger partial charge on any atom is -0.484 e. The van der Waals surface area contributed by atoms with Gasteiger partial charge in [-0.2, -0.15) is 0 Å². The first-order chi connectivity index (χ1) is 18.1. The molecule has 0 spiro atoms. The topological polar surface area (TPSA) is 58.6 Å². The Morgan fingerprint density at radius 1 is 0.947 bits per heavy atom. The van der Waals surface area contributed by atoms with Crippen molar-refractivity contribution in [3.63, 3.8) is 0 Å². The molecule has 1 N–H and O–H groups in total. The summed E-state index contributed by atoms with van der Waals surface area (Å²) in [5.74, 6) is -0.540. The predicted octanol–water partition coefficient (Wildman–Crippen LogP) is 6.06. The monoisotopic (exact) mass is 518 g/mol. The van der Waals surface area contributed by atoms with E-state index in [1.54, 1.807) is 18.2 Å². The van der Waals surface area contributed by atoms with E-state index in [9.17, 15) is 14.0 Å². The maximum absolute atomic E-state index is 14.7. The fraction of sp³-hybridized carbons (Fsp3) is 0.375. The molecule has 2 amide bonds. The maximum Gasteiger partial charge on any atom is 0.261 e. The number of amides is 2. The summed E-state index contributed by atoms with van der Waals surface area (Å²) in [6, 6.07) is 22.6. The lowest BCUT2D eigenvalue weighted by atomic mass is 9.87. The van der Waals surface area contributed by atoms with E-state index in [4.69, 9.17) is 4.74 Å². The van der Waals surface area contributed by atoms with Gasteiger partial charge >= 0.3 is 0 Å². The Balaban J connectivity index is 1.90. The van der Waals surface area contributed by atoms with Gasteiger partial charge in [0.05, 0.1) is 0 Å². The molecular weight excluding hydrogens is 479 g/mol. The van der Waals surface area contributed by atoms with Crippen LogP contribution in [0.4, 0.5) is 4.39 Å². The predicted molar refractivity (Wildman–Crippen MR) is 149 cm³/mol. The molecule has 3 rings (SSSR count). The van der Waals surface area contributed by atoms with Gasteiger partial charge in [-0.15, -0.1) is 0 Å². The molecule has 3 aromatic rings. The van der Waals surface area contributed by atoms with Crippen molar-refractivity contribution in [2.24, 2.45) is 0 Å². The molecule has 0 aliphatic carbocycles. The molecule has 202 valence electrons. The minimum absolute atomic E-state index is 0.00144. The Bertz CT molecular complexity index is 1190. The van der Waals surface area contributed by atoms with Gasteiger partial charge in [-0.1, -0.05) is 88.4 Å². The van der Waals surface area contributed by atoms with Gasteiger partial charge in [-0.3, -0.25) is 9.59 Å². The summed E-state index contributed by atoms with van der Waals surface area (Å²) in [6.45, 7) is 9.97. The van der Waals surface area contributed by atoms with Gasteiger partial charge in [0, 0.05) is 24.6 Å². The van der Waals surface area contributed by atoms with Crippen LogP contribution in [0.5, 0.6) is 5.75 Å². The van der Waals surface area contributed by atoms with Gasteiger partial charge in [-0.05, 0) is 48.1 Å².